The van der Waals surface area contributed by atoms with Crippen molar-refractivity contribution in [1.82, 2.24) is 4.98 Å². The normalized spacial score (nSPS) is 10.7. The van der Waals surface area contributed by atoms with Crippen molar-refractivity contribution >= 4 is 22.8 Å². The van der Waals surface area contributed by atoms with Crippen molar-refractivity contribution in [1.29, 1.82) is 5.26 Å². The molecule has 30 heavy (non-hydrogen) atoms. The van der Waals surface area contributed by atoms with Crippen LogP contribution in [0.3, 0.4) is 0 Å². The standard InChI is InChI=1S/C22H15N3O5/c1-24-13-7-8-14-15(9-13)30-20-18(25-14)17(22(27)28)16(19(26)21(20)29-2)12-5-3-11(10-23)4-6-12/h3-9,24H,1-2H3,(H,27,28). The first-order chi connectivity index (χ1) is 14.5. The highest BCUT2D eigenvalue weighted by Gasteiger charge is 2.31. The lowest BCUT2D eigenvalue weighted by molar-refractivity contribution is 0.0698. The fourth-order valence-corrected chi connectivity index (χ4v) is 3.33. The fourth-order valence-electron chi connectivity index (χ4n) is 3.33. The van der Waals surface area contributed by atoms with Crippen LogP contribution < -0.4 is 15.5 Å². The molecule has 0 unspecified atom stereocenters. The second-order valence-corrected chi connectivity index (χ2v) is 6.43. The molecule has 2 N–H and O–H groups in total. The molecule has 0 spiro atoms. The van der Waals surface area contributed by atoms with Gasteiger partial charge in [-0.25, -0.2) is 9.78 Å². The molecule has 0 saturated heterocycles. The lowest BCUT2D eigenvalue weighted by Gasteiger charge is -2.16. The van der Waals surface area contributed by atoms with Crippen molar-refractivity contribution in [3.8, 4) is 34.4 Å². The highest BCUT2D eigenvalue weighted by molar-refractivity contribution is 6.04. The van der Waals surface area contributed by atoms with Gasteiger partial charge in [-0.1, -0.05) is 12.1 Å². The van der Waals surface area contributed by atoms with E-state index in [1.54, 1.807) is 25.2 Å². The van der Waals surface area contributed by atoms with Crippen molar-refractivity contribution < 1.29 is 19.1 Å². The second-order valence-electron chi connectivity index (χ2n) is 6.43. The van der Waals surface area contributed by atoms with Gasteiger partial charge in [-0.2, -0.15) is 5.26 Å². The zero-order chi connectivity index (χ0) is 21.4. The molecule has 0 radical (unpaired) electrons. The highest BCUT2D eigenvalue weighted by atomic mass is 16.5. The number of benzene rings is 3. The van der Waals surface area contributed by atoms with Crippen LogP contribution in [0.4, 0.5) is 5.69 Å². The van der Waals surface area contributed by atoms with Crippen molar-refractivity contribution in [3.05, 3.63) is 63.8 Å². The number of carboxylic acids is 1. The van der Waals surface area contributed by atoms with Gasteiger partial charge in [0, 0.05) is 18.8 Å². The number of fused-ring (bicyclic) bond motifs is 2. The van der Waals surface area contributed by atoms with Crippen LogP contribution in [0.5, 0.6) is 5.75 Å². The topological polar surface area (TPSA) is 125 Å². The number of carboxylic acid groups (broad SMARTS) is 1. The van der Waals surface area contributed by atoms with Crippen LogP contribution in [0.15, 0.2) is 51.7 Å². The SMILES string of the molecule is CNc1ccc2nc3c(C(=O)O)c(-c4ccc(C#N)cc4)c(=O)c(OC)c-3oc2c1. The number of hydrogen-bond acceptors (Lipinski definition) is 7. The molecule has 0 amide bonds. The Balaban J connectivity index is 2.15. The van der Waals surface area contributed by atoms with Gasteiger partial charge in [0.15, 0.2) is 11.3 Å². The Hall–Kier alpha value is -4.38. The van der Waals surface area contributed by atoms with E-state index in [2.05, 4.69) is 10.3 Å². The molecule has 1 heterocycles. The molecule has 148 valence electrons. The minimum absolute atomic E-state index is 0.00279. The number of ether oxygens (including phenoxy) is 1. The van der Waals surface area contributed by atoms with E-state index in [4.69, 9.17) is 14.4 Å². The molecule has 0 aromatic heterocycles. The summed E-state index contributed by atoms with van der Waals surface area (Å²) in [7, 11) is 3.06. The van der Waals surface area contributed by atoms with Gasteiger partial charge in [-0.15, -0.1) is 0 Å². The summed E-state index contributed by atoms with van der Waals surface area (Å²) in [6.45, 7) is 0. The summed E-state index contributed by atoms with van der Waals surface area (Å²) in [6.07, 6.45) is 0. The van der Waals surface area contributed by atoms with Crippen LogP contribution in [0.2, 0.25) is 0 Å². The number of aromatic nitrogens is 1. The van der Waals surface area contributed by atoms with Gasteiger partial charge in [0.25, 0.3) is 0 Å². The Labute approximate surface area is 170 Å². The molecule has 1 aliphatic carbocycles. The van der Waals surface area contributed by atoms with Crippen LogP contribution in [0.1, 0.15) is 15.9 Å². The van der Waals surface area contributed by atoms with Crippen molar-refractivity contribution in [2.75, 3.05) is 19.5 Å². The lowest BCUT2D eigenvalue weighted by atomic mass is 9.94. The minimum Gasteiger partial charge on any atom is -0.490 e. The third-order valence-corrected chi connectivity index (χ3v) is 4.75. The van der Waals surface area contributed by atoms with Crippen LogP contribution in [0, 0.1) is 11.3 Å². The molecular formula is C22H15N3O5. The smallest absolute Gasteiger partial charge is 0.338 e. The molecule has 4 rings (SSSR count). The second kappa shape index (κ2) is 7.22. The first-order valence-corrected chi connectivity index (χ1v) is 8.88. The van der Waals surface area contributed by atoms with E-state index >= 15 is 0 Å². The first-order valence-electron chi connectivity index (χ1n) is 8.88. The molecule has 0 saturated carbocycles. The van der Waals surface area contributed by atoms with Crippen LogP contribution >= 0.6 is 0 Å². The summed E-state index contributed by atoms with van der Waals surface area (Å²) >= 11 is 0. The number of aromatic carboxylic acids is 1. The van der Waals surface area contributed by atoms with Crippen molar-refractivity contribution in [3.63, 3.8) is 0 Å². The van der Waals surface area contributed by atoms with E-state index in [9.17, 15) is 14.7 Å². The molecule has 0 fully saturated rings. The third kappa shape index (κ3) is 2.89. The number of nitriles is 1. The molecule has 2 aliphatic rings. The number of anilines is 1. The van der Waals surface area contributed by atoms with E-state index in [-0.39, 0.29) is 28.3 Å². The number of carbonyl (C=O) groups is 1. The number of nitrogens with one attached hydrogen (secondary N) is 1. The molecule has 0 bridgehead atoms. The van der Waals surface area contributed by atoms with Gasteiger partial charge in [0.1, 0.15) is 16.8 Å². The first kappa shape index (κ1) is 19.0. The summed E-state index contributed by atoms with van der Waals surface area (Å²) in [6, 6.07) is 13.2. The van der Waals surface area contributed by atoms with Gasteiger partial charge < -0.3 is 19.6 Å². The maximum Gasteiger partial charge on any atom is 0.338 e. The minimum atomic E-state index is -1.33. The summed E-state index contributed by atoms with van der Waals surface area (Å²) in [5.74, 6) is -1.51. The largest absolute Gasteiger partial charge is 0.490 e. The molecule has 0 atom stereocenters. The monoisotopic (exact) mass is 401 g/mol. The molecule has 2 aromatic rings. The predicted octanol–water partition coefficient (Wildman–Crippen LogP) is 3.58. The summed E-state index contributed by atoms with van der Waals surface area (Å²) in [4.78, 5) is 29.9. The maximum absolute atomic E-state index is 13.2. The van der Waals surface area contributed by atoms with Gasteiger partial charge in [0.2, 0.25) is 11.2 Å². The highest BCUT2D eigenvalue weighted by Crippen LogP contribution is 2.38. The average molecular weight is 401 g/mol. The average Bonchev–Trinajstić information content (AvgIpc) is 2.76. The fraction of sp³-hybridized carbons (Fsp3) is 0.0909. The van der Waals surface area contributed by atoms with Gasteiger partial charge in [0.05, 0.1) is 24.3 Å². The summed E-state index contributed by atoms with van der Waals surface area (Å²) < 4.78 is 11.2. The zero-order valence-corrected chi connectivity index (χ0v) is 16.0. The Morgan fingerprint density at radius 1 is 1.23 bits per heavy atom. The molecule has 1 aliphatic heterocycles. The molecular weight excluding hydrogens is 386 g/mol. The van der Waals surface area contributed by atoms with E-state index in [1.165, 1.54) is 31.4 Å². The van der Waals surface area contributed by atoms with Gasteiger partial charge >= 0.3 is 5.97 Å². The van der Waals surface area contributed by atoms with Gasteiger partial charge in [-0.05, 0) is 29.8 Å². The number of methoxy groups -OCH3 is 1. The predicted molar refractivity (Wildman–Crippen MR) is 110 cm³/mol. The molecule has 8 nitrogen and oxygen atoms in total. The Kier molecular flexibility index (Phi) is 4.56. The Bertz CT molecular complexity index is 1370. The third-order valence-electron chi connectivity index (χ3n) is 4.75. The quantitative estimate of drug-likeness (QED) is 0.497. The number of nitrogens with zero attached hydrogens (tertiary/aromatic N) is 2. The van der Waals surface area contributed by atoms with E-state index in [0.29, 0.717) is 22.2 Å². The van der Waals surface area contributed by atoms with E-state index in [1.807, 2.05) is 6.07 Å². The van der Waals surface area contributed by atoms with E-state index in [0.717, 1.165) is 5.69 Å². The lowest BCUT2D eigenvalue weighted by Crippen LogP contribution is -2.18. The Morgan fingerprint density at radius 2 is 1.97 bits per heavy atom. The zero-order valence-electron chi connectivity index (χ0n) is 16.0. The van der Waals surface area contributed by atoms with E-state index < -0.39 is 11.4 Å². The summed E-state index contributed by atoms with van der Waals surface area (Å²) in [5, 5.41) is 21.9. The van der Waals surface area contributed by atoms with Crippen molar-refractivity contribution in [2.24, 2.45) is 0 Å². The molecule has 2 aromatic carbocycles. The Morgan fingerprint density at radius 3 is 2.57 bits per heavy atom. The van der Waals surface area contributed by atoms with Crippen LogP contribution in [0.25, 0.3) is 33.7 Å². The molecule has 8 heteroatoms. The van der Waals surface area contributed by atoms with Gasteiger partial charge in [-0.3, -0.25) is 4.79 Å². The number of hydrogen-bond donors (Lipinski definition) is 2. The maximum atomic E-state index is 13.2. The number of rotatable bonds is 4. The van der Waals surface area contributed by atoms with Crippen LogP contribution in [-0.4, -0.2) is 30.2 Å². The van der Waals surface area contributed by atoms with Crippen molar-refractivity contribution in [2.45, 2.75) is 0 Å². The van der Waals surface area contributed by atoms with Crippen LogP contribution in [-0.2, 0) is 0 Å². The summed E-state index contributed by atoms with van der Waals surface area (Å²) in [5.41, 5.74) is 1.28.